The van der Waals surface area contributed by atoms with Crippen molar-refractivity contribution >= 4 is 22.2 Å². The lowest BCUT2D eigenvalue weighted by Crippen LogP contribution is -2.41. The summed E-state index contributed by atoms with van der Waals surface area (Å²) in [4.78, 5) is 19.5. The Morgan fingerprint density at radius 3 is 3.09 bits per heavy atom. The van der Waals surface area contributed by atoms with Gasteiger partial charge in [-0.2, -0.15) is 0 Å². The first kappa shape index (κ1) is 14.8. The van der Waals surface area contributed by atoms with Crippen LogP contribution in [0.1, 0.15) is 29.6 Å². The Morgan fingerprint density at radius 2 is 2.45 bits per heavy atom. The molecule has 0 saturated carbocycles. The molecule has 0 spiro atoms. The van der Waals surface area contributed by atoms with E-state index in [1.54, 1.807) is 23.4 Å². The van der Waals surface area contributed by atoms with Crippen LogP contribution in [-0.2, 0) is 6.54 Å². The van der Waals surface area contributed by atoms with Crippen LogP contribution in [0.4, 0.5) is 0 Å². The Kier molecular flexibility index (Phi) is 4.26. The van der Waals surface area contributed by atoms with Gasteiger partial charge in [-0.3, -0.25) is 9.20 Å². The number of nitrogens with zero attached hydrogens (tertiary/aromatic N) is 3. The van der Waals surface area contributed by atoms with Crippen LogP contribution in [0.3, 0.4) is 0 Å². The van der Waals surface area contributed by atoms with Gasteiger partial charge in [0.05, 0.1) is 25.5 Å². The summed E-state index contributed by atoms with van der Waals surface area (Å²) in [6, 6.07) is 3.33. The van der Waals surface area contributed by atoms with Crippen LogP contribution < -0.4 is 0 Å². The lowest BCUT2D eigenvalue weighted by atomic mass is 10.2. The van der Waals surface area contributed by atoms with Gasteiger partial charge >= 0.3 is 0 Å². The molecule has 1 N–H and O–H groups in total. The predicted molar refractivity (Wildman–Crippen MR) is 82.8 cm³/mol. The molecule has 3 aromatic heterocycles. The van der Waals surface area contributed by atoms with Crippen LogP contribution in [-0.4, -0.2) is 37.9 Å². The molecule has 0 aliphatic carbocycles. The summed E-state index contributed by atoms with van der Waals surface area (Å²) in [5.74, 6) is 0.481. The normalized spacial score (nSPS) is 12.6. The van der Waals surface area contributed by atoms with E-state index < -0.39 is 0 Å². The quantitative estimate of drug-likeness (QED) is 0.757. The minimum atomic E-state index is -0.266. The maximum Gasteiger partial charge on any atom is 0.274 e. The van der Waals surface area contributed by atoms with Gasteiger partial charge in [0.2, 0.25) is 0 Å². The minimum Gasteiger partial charge on any atom is -0.467 e. The fourth-order valence-corrected chi connectivity index (χ4v) is 3.06. The van der Waals surface area contributed by atoms with Gasteiger partial charge in [0.1, 0.15) is 11.5 Å². The van der Waals surface area contributed by atoms with Crippen molar-refractivity contribution in [2.45, 2.75) is 25.9 Å². The number of aliphatic hydroxyl groups excluding tert-OH is 1. The number of carbonyl (C=O) groups is 1. The first-order valence-electron chi connectivity index (χ1n) is 7.09. The highest BCUT2D eigenvalue weighted by Crippen LogP contribution is 2.17. The number of rotatable bonds is 6. The van der Waals surface area contributed by atoms with Crippen molar-refractivity contribution in [1.82, 2.24) is 14.3 Å². The summed E-state index contributed by atoms with van der Waals surface area (Å²) >= 11 is 1.48. The third-order valence-corrected chi connectivity index (χ3v) is 4.37. The van der Waals surface area contributed by atoms with Crippen molar-refractivity contribution in [3.8, 4) is 0 Å². The molecule has 0 bridgehead atoms. The van der Waals surface area contributed by atoms with E-state index >= 15 is 0 Å². The number of hydrogen-bond donors (Lipinski definition) is 1. The first-order valence-corrected chi connectivity index (χ1v) is 7.97. The highest BCUT2D eigenvalue weighted by Gasteiger charge is 2.26. The molecule has 0 fully saturated rings. The second-order valence-corrected chi connectivity index (χ2v) is 5.85. The summed E-state index contributed by atoms with van der Waals surface area (Å²) in [5, 5.41) is 11.5. The largest absolute Gasteiger partial charge is 0.467 e. The SMILES string of the molecule is CC[C@@H](CO)N(Cc1ccco1)C(=O)c1cn2ccsc2n1. The Balaban J connectivity index is 1.89. The van der Waals surface area contributed by atoms with Crippen LogP contribution in [0.15, 0.2) is 40.6 Å². The van der Waals surface area contributed by atoms with Crippen molar-refractivity contribution in [3.05, 3.63) is 47.6 Å². The van der Waals surface area contributed by atoms with E-state index in [4.69, 9.17) is 4.42 Å². The zero-order valence-electron chi connectivity index (χ0n) is 12.2. The van der Waals surface area contributed by atoms with E-state index in [0.29, 0.717) is 24.4 Å². The predicted octanol–water partition coefficient (Wildman–Crippen LogP) is 2.40. The summed E-state index contributed by atoms with van der Waals surface area (Å²) in [7, 11) is 0. The Hall–Kier alpha value is -2.12. The monoisotopic (exact) mass is 319 g/mol. The zero-order valence-corrected chi connectivity index (χ0v) is 13.0. The number of fused-ring (bicyclic) bond motifs is 1. The molecule has 7 heteroatoms. The lowest BCUT2D eigenvalue weighted by molar-refractivity contribution is 0.0540. The molecule has 3 rings (SSSR count). The average Bonchev–Trinajstić information content (AvgIpc) is 3.23. The van der Waals surface area contributed by atoms with E-state index in [0.717, 1.165) is 4.96 Å². The molecule has 3 aromatic rings. The molecule has 0 saturated heterocycles. The number of hydrogen-bond acceptors (Lipinski definition) is 5. The third-order valence-electron chi connectivity index (χ3n) is 3.60. The average molecular weight is 319 g/mol. The van der Waals surface area contributed by atoms with Gasteiger partial charge in [-0.1, -0.05) is 6.92 Å². The molecule has 0 radical (unpaired) electrons. The van der Waals surface area contributed by atoms with E-state index in [1.165, 1.54) is 11.3 Å². The third kappa shape index (κ3) is 2.77. The molecule has 0 aliphatic heterocycles. The maximum absolute atomic E-state index is 12.8. The number of aliphatic hydroxyl groups is 1. The number of carbonyl (C=O) groups excluding carboxylic acids is 1. The molecule has 1 amide bonds. The van der Waals surface area contributed by atoms with Gasteiger partial charge in [-0.05, 0) is 18.6 Å². The molecule has 0 aliphatic rings. The Bertz CT molecular complexity index is 715. The van der Waals surface area contributed by atoms with Gasteiger partial charge in [0.15, 0.2) is 4.96 Å². The van der Waals surface area contributed by atoms with Gasteiger partial charge in [0.25, 0.3) is 5.91 Å². The van der Waals surface area contributed by atoms with Crippen molar-refractivity contribution in [3.63, 3.8) is 0 Å². The highest BCUT2D eigenvalue weighted by atomic mass is 32.1. The Labute approximate surface area is 131 Å². The molecule has 3 heterocycles. The molecule has 0 aromatic carbocycles. The molecular weight excluding hydrogens is 302 g/mol. The van der Waals surface area contributed by atoms with Crippen molar-refractivity contribution < 1.29 is 14.3 Å². The molecule has 6 nitrogen and oxygen atoms in total. The first-order chi connectivity index (χ1) is 10.7. The molecule has 0 unspecified atom stereocenters. The van der Waals surface area contributed by atoms with Crippen LogP contribution in [0.25, 0.3) is 4.96 Å². The molecular formula is C15H17N3O3S. The number of imidazole rings is 1. The van der Waals surface area contributed by atoms with Gasteiger partial charge in [-0.15, -0.1) is 11.3 Å². The zero-order chi connectivity index (χ0) is 15.5. The van der Waals surface area contributed by atoms with Gasteiger partial charge < -0.3 is 14.4 Å². The molecule has 22 heavy (non-hydrogen) atoms. The van der Waals surface area contributed by atoms with Gasteiger partial charge in [-0.25, -0.2) is 4.98 Å². The number of furan rings is 1. The van der Waals surface area contributed by atoms with Crippen LogP contribution in [0.2, 0.25) is 0 Å². The second-order valence-electron chi connectivity index (χ2n) is 4.98. The summed E-state index contributed by atoms with van der Waals surface area (Å²) in [5.41, 5.74) is 0.380. The van der Waals surface area contributed by atoms with Crippen molar-refractivity contribution in [2.24, 2.45) is 0 Å². The fourth-order valence-electron chi connectivity index (χ4n) is 2.36. The van der Waals surface area contributed by atoms with Crippen LogP contribution in [0.5, 0.6) is 0 Å². The lowest BCUT2D eigenvalue weighted by Gasteiger charge is -2.28. The summed E-state index contributed by atoms with van der Waals surface area (Å²) in [6.45, 7) is 2.16. The summed E-state index contributed by atoms with van der Waals surface area (Å²) < 4.78 is 7.16. The molecule has 116 valence electrons. The number of amides is 1. The van der Waals surface area contributed by atoms with Crippen LogP contribution >= 0.6 is 11.3 Å². The standard InChI is InChI=1S/C15H17N3O3S/c1-2-11(10-19)18(8-12-4-3-6-21-12)14(20)13-9-17-5-7-22-15(17)16-13/h3-7,9,11,19H,2,8,10H2,1H3/t11-/m0/s1. The second kappa shape index (κ2) is 6.33. The van der Waals surface area contributed by atoms with E-state index in [1.807, 2.05) is 29.0 Å². The number of thiazole rings is 1. The maximum atomic E-state index is 12.8. The smallest absolute Gasteiger partial charge is 0.274 e. The van der Waals surface area contributed by atoms with Crippen molar-refractivity contribution in [2.75, 3.05) is 6.61 Å². The Morgan fingerprint density at radius 1 is 1.59 bits per heavy atom. The van der Waals surface area contributed by atoms with E-state index in [9.17, 15) is 9.90 Å². The van der Waals surface area contributed by atoms with E-state index in [2.05, 4.69) is 4.98 Å². The fraction of sp³-hybridized carbons (Fsp3) is 0.333. The minimum absolute atomic E-state index is 0.0921. The number of aromatic nitrogens is 2. The van der Waals surface area contributed by atoms with Gasteiger partial charge in [0, 0.05) is 17.8 Å². The topological polar surface area (TPSA) is 71.0 Å². The summed E-state index contributed by atoms with van der Waals surface area (Å²) in [6.07, 6.45) is 5.81. The van der Waals surface area contributed by atoms with Crippen molar-refractivity contribution in [1.29, 1.82) is 0 Å². The highest BCUT2D eigenvalue weighted by molar-refractivity contribution is 7.15. The van der Waals surface area contributed by atoms with Crippen LogP contribution in [0, 0.1) is 0 Å². The van der Waals surface area contributed by atoms with E-state index in [-0.39, 0.29) is 18.6 Å². The molecule has 1 atom stereocenters.